The number of benzene rings is 1. The second-order valence-electron chi connectivity index (χ2n) is 5.18. The lowest BCUT2D eigenvalue weighted by molar-refractivity contribution is -0.120. The average molecular weight is 344 g/mol. The Labute approximate surface area is 145 Å². The summed E-state index contributed by atoms with van der Waals surface area (Å²) in [6, 6.07) is 4.40. The highest BCUT2D eigenvalue weighted by atomic mass is 16.5. The van der Waals surface area contributed by atoms with Crippen molar-refractivity contribution in [3.63, 3.8) is 0 Å². The second kappa shape index (κ2) is 8.16. The number of hydrogen-bond acceptors (Lipinski definition) is 5. The van der Waals surface area contributed by atoms with Crippen LogP contribution in [0.1, 0.15) is 5.56 Å². The standard InChI is InChI=1S/C18H20N2O5/c1-4-8-20-17(22)13(16(21)19-18(20)23)10-12-6-7-14(25-9-5-2)15(11-12)24-3/h4-7,10-11,17,22H,1-2,8-9H2,3H3,(H,19,21,23)/b13-10-. The molecule has 1 aromatic rings. The van der Waals surface area contributed by atoms with Gasteiger partial charge in [0.25, 0.3) is 5.91 Å². The number of ether oxygens (including phenoxy) is 2. The van der Waals surface area contributed by atoms with Gasteiger partial charge in [0, 0.05) is 6.54 Å². The van der Waals surface area contributed by atoms with E-state index in [0.29, 0.717) is 23.7 Å². The van der Waals surface area contributed by atoms with Gasteiger partial charge in [-0.3, -0.25) is 15.0 Å². The molecule has 3 amide bonds. The summed E-state index contributed by atoms with van der Waals surface area (Å²) in [6.45, 7) is 7.55. The van der Waals surface area contributed by atoms with Crippen LogP contribution in [0.3, 0.4) is 0 Å². The van der Waals surface area contributed by atoms with Gasteiger partial charge < -0.3 is 14.6 Å². The normalized spacial score (nSPS) is 18.7. The van der Waals surface area contributed by atoms with Gasteiger partial charge in [0.15, 0.2) is 17.7 Å². The summed E-state index contributed by atoms with van der Waals surface area (Å²) >= 11 is 0. The first-order chi connectivity index (χ1) is 12.0. The Morgan fingerprint density at radius 3 is 2.68 bits per heavy atom. The van der Waals surface area contributed by atoms with E-state index in [4.69, 9.17) is 9.47 Å². The molecule has 7 nitrogen and oxygen atoms in total. The fourth-order valence-electron chi connectivity index (χ4n) is 2.32. The molecule has 7 heteroatoms. The van der Waals surface area contributed by atoms with Crippen LogP contribution in [0.5, 0.6) is 11.5 Å². The lowest BCUT2D eigenvalue weighted by Gasteiger charge is -2.32. The maximum Gasteiger partial charge on any atom is 0.326 e. The summed E-state index contributed by atoms with van der Waals surface area (Å²) in [7, 11) is 1.50. The van der Waals surface area contributed by atoms with Crippen molar-refractivity contribution < 1.29 is 24.2 Å². The zero-order chi connectivity index (χ0) is 18.4. The number of nitrogens with zero attached hydrogens (tertiary/aromatic N) is 1. The minimum Gasteiger partial charge on any atom is -0.493 e. The Bertz CT molecular complexity index is 726. The molecule has 1 aromatic carbocycles. The first-order valence-corrected chi connectivity index (χ1v) is 7.56. The number of rotatable bonds is 7. The van der Waals surface area contributed by atoms with Crippen molar-refractivity contribution >= 4 is 18.0 Å². The van der Waals surface area contributed by atoms with Crippen LogP contribution in [0.4, 0.5) is 4.79 Å². The van der Waals surface area contributed by atoms with Crippen molar-refractivity contribution in [2.45, 2.75) is 6.23 Å². The Kier molecular flexibility index (Phi) is 5.97. The molecule has 1 atom stereocenters. The van der Waals surface area contributed by atoms with Gasteiger partial charge in [-0.2, -0.15) is 0 Å². The zero-order valence-corrected chi connectivity index (χ0v) is 13.9. The SMILES string of the molecule is C=CCOc1ccc(/C=C2/C(=O)NC(=O)N(CC=C)C2O)cc1OC. The third-order valence-corrected chi connectivity index (χ3v) is 3.51. The number of methoxy groups -OCH3 is 1. The highest BCUT2D eigenvalue weighted by molar-refractivity contribution is 6.09. The van der Waals surface area contributed by atoms with E-state index in [1.165, 1.54) is 19.3 Å². The summed E-state index contributed by atoms with van der Waals surface area (Å²) in [6.07, 6.45) is 3.21. The first-order valence-electron chi connectivity index (χ1n) is 7.56. The van der Waals surface area contributed by atoms with Crippen LogP contribution in [0.25, 0.3) is 6.08 Å². The third-order valence-electron chi connectivity index (χ3n) is 3.51. The fourth-order valence-corrected chi connectivity index (χ4v) is 2.32. The molecule has 0 aromatic heterocycles. The molecule has 0 bridgehead atoms. The van der Waals surface area contributed by atoms with Gasteiger partial charge in [0.2, 0.25) is 0 Å². The highest BCUT2D eigenvalue weighted by Crippen LogP contribution is 2.29. The third kappa shape index (κ3) is 4.07. The molecule has 1 saturated heterocycles. The number of amides is 3. The van der Waals surface area contributed by atoms with E-state index in [1.807, 2.05) is 0 Å². The summed E-state index contributed by atoms with van der Waals surface area (Å²) in [5.74, 6) is 0.353. The molecule has 2 rings (SSSR count). The minimum atomic E-state index is -1.36. The molecule has 1 heterocycles. The molecule has 0 aliphatic carbocycles. The van der Waals surface area contributed by atoms with E-state index < -0.39 is 18.2 Å². The molecular weight excluding hydrogens is 324 g/mol. The van der Waals surface area contributed by atoms with Crippen molar-refractivity contribution in [1.82, 2.24) is 10.2 Å². The number of carbonyl (C=O) groups excluding carboxylic acids is 2. The minimum absolute atomic E-state index is 0.0447. The van der Waals surface area contributed by atoms with Crippen molar-refractivity contribution in [2.24, 2.45) is 0 Å². The predicted octanol–water partition coefficient (Wildman–Crippen LogP) is 1.70. The lowest BCUT2D eigenvalue weighted by Crippen LogP contribution is -2.56. The summed E-state index contributed by atoms with van der Waals surface area (Å²) in [4.78, 5) is 24.9. The fraction of sp³-hybridized carbons (Fsp3) is 0.222. The van der Waals surface area contributed by atoms with E-state index >= 15 is 0 Å². The van der Waals surface area contributed by atoms with Crippen molar-refractivity contribution in [3.05, 3.63) is 54.6 Å². The predicted molar refractivity (Wildman–Crippen MR) is 93.1 cm³/mol. The molecular formula is C18H20N2O5. The smallest absolute Gasteiger partial charge is 0.326 e. The Morgan fingerprint density at radius 2 is 2.04 bits per heavy atom. The monoisotopic (exact) mass is 344 g/mol. The molecule has 1 aliphatic heterocycles. The molecule has 0 radical (unpaired) electrons. The number of hydrogen-bond donors (Lipinski definition) is 2. The van der Waals surface area contributed by atoms with Gasteiger partial charge in [-0.05, 0) is 23.8 Å². The van der Waals surface area contributed by atoms with Gasteiger partial charge in [-0.1, -0.05) is 24.8 Å². The topological polar surface area (TPSA) is 88.1 Å². The van der Waals surface area contributed by atoms with Crippen LogP contribution in [-0.4, -0.2) is 48.4 Å². The van der Waals surface area contributed by atoms with E-state index in [2.05, 4.69) is 18.5 Å². The molecule has 2 N–H and O–H groups in total. The van der Waals surface area contributed by atoms with Gasteiger partial charge in [-0.25, -0.2) is 4.79 Å². The number of nitrogens with one attached hydrogen (secondary N) is 1. The number of aliphatic hydroxyl groups excluding tert-OH is 1. The van der Waals surface area contributed by atoms with Gasteiger partial charge in [0.1, 0.15) is 6.61 Å². The Balaban J connectivity index is 2.34. The summed E-state index contributed by atoms with van der Waals surface area (Å²) in [5.41, 5.74) is 0.656. The first kappa shape index (κ1) is 18.3. The zero-order valence-electron chi connectivity index (χ0n) is 13.9. The summed E-state index contributed by atoms with van der Waals surface area (Å²) < 4.78 is 10.7. The molecule has 1 aliphatic rings. The lowest BCUT2D eigenvalue weighted by atomic mass is 10.1. The highest BCUT2D eigenvalue weighted by Gasteiger charge is 2.34. The quantitative estimate of drug-likeness (QED) is 0.581. The van der Waals surface area contributed by atoms with E-state index in [-0.39, 0.29) is 12.1 Å². The largest absolute Gasteiger partial charge is 0.493 e. The maximum atomic E-state index is 12.1. The van der Waals surface area contributed by atoms with E-state index in [9.17, 15) is 14.7 Å². The van der Waals surface area contributed by atoms with Crippen LogP contribution >= 0.6 is 0 Å². The van der Waals surface area contributed by atoms with Crippen LogP contribution in [0.15, 0.2) is 49.1 Å². The van der Waals surface area contributed by atoms with Crippen LogP contribution < -0.4 is 14.8 Å². The van der Waals surface area contributed by atoms with Gasteiger partial charge in [-0.15, -0.1) is 6.58 Å². The molecule has 0 saturated carbocycles. The number of urea groups is 1. The number of imide groups is 1. The number of carbonyl (C=O) groups is 2. The van der Waals surface area contributed by atoms with Gasteiger partial charge in [0.05, 0.1) is 12.7 Å². The summed E-state index contributed by atoms with van der Waals surface area (Å²) in [5, 5.41) is 12.5. The Hall–Kier alpha value is -3.06. The van der Waals surface area contributed by atoms with E-state index in [1.54, 1.807) is 24.3 Å². The van der Waals surface area contributed by atoms with Crippen LogP contribution in [0, 0.1) is 0 Å². The molecule has 1 fully saturated rings. The van der Waals surface area contributed by atoms with Crippen LogP contribution in [0.2, 0.25) is 0 Å². The molecule has 0 spiro atoms. The second-order valence-corrected chi connectivity index (χ2v) is 5.18. The average Bonchev–Trinajstić information content (AvgIpc) is 2.60. The molecule has 132 valence electrons. The Morgan fingerprint density at radius 1 is 1.28 bits per heavy atom. The van der Waals surface area contributed by atoms with Crippen molar-refractivity contribution in [3.8, 4) is 11.5 Å². The van der Waals surface area contributed by atoms with Gasteiger partial charge >= 0.3 is 6.03 Å². The van der Waals surface area contributed by atoms with Crippen molar-refractivity contribution in [2.75, 3.05) is 20.3 Å². The maximum absolute atomic E-state index is 12.1. The molecule has 25 heavy (non-hydrogen) atoms. The molecule has 1 unspecified atom stereocenters. The van der Waals surface area contributed by atoms with Crippen LogP contribution in [-0.2, 0) is 4.79 Å². The van der Waals surface area contributed by atoms with Crippen molar-refractivity contribution in [1.29, 1.82) is 0 Å². The van der Waals surface area contributed by atoms with E-state index in [0.717, 1.165) is 4.90 Å². The number of aliphatic hydroxyl groups is 1.